The van der Waals surface area contributed by atoms with Crippen molar-refractivity contribution in [2.75, 3.05) is 6.54 Å². The third kappa shape index (κ3) is 3.09. The first-order valence-corrected chi connectivity index (χ1v) is 6.80. The number of nitrogens with zero attached hydrogens (tertiary/aromatic N) is 1. The lowest BCUT2D eigenvalue weighted by atomic mass is 10.2. The van der Waals surface area contributed by atoms with Crippen LogP contribution in [0.15, 0.2) is 22.3 Å². The summed E-state index contributed by atoms with van der Waals surface area (Å²) in [6, 6.07) is 1.87. The molecule has 2 rings (SSSR count). The average molecular weight is 271 g/mol. The quantitative estimate of drug-likeness (QED) is 0.898. The van der Waals surface area contributed by atoms with Crippen LogP contribution in [0.1, 0.15) is 19.5 Å². The summed E-state index contributed by atoms with van der Waals surface area (Å²) in [5.41, 5.74) is 0.912. The van der Waals surface area contributed by atoms with Gasteiger partial charge in [0.05, 0.1) is 9.90 Å². The molecule has 0 unspecified atom stereocenters. The van der Waals surface area contributed by atoms with Crippen LogP contribution in [0.5, 0.6) is 0 Å². The van der Waals surface area contributed by atoms with Crippen LogP contribution in [0.3, 0.4) is 0 Å². The number of aromatic nitrogens is 1. The van der Waals surface area contributed by atoms with Crippen molar-refractivity contribution < 1.29 is 4.42 Å². The fourth-order valence-corrected chi connectivity index (χ4v) is 2.67. The van der Waals surface area contributed by atoms with E-state index in [1.807, 2.05) is 11.4 Å². The molecule has 17 heavy (non-hydrogen) atoms. The van der Waals surface area contributed by atoms with E-state index in [-0.39, 0.29) is 0 Å². The lowest BCUT2D eigenvalue weighted by Gasteiger charge is -2.06. The Hall–Kier alpha value is -0.840. The first-order valence-electron chi connectivity index (χ1n) is 5.55. The van der Waals surface area contributed by atoms with Crippen molar-refractivity contribution in [3.05, 3.63) is 28.6 Å². The summed E-state index contributed by atoms with van der Waals surface area (Å²) in [5, 5.41) is 6.02. The van der Waals surface area contributed by atoms with Gasteiger partial charge in [-0.1, -0.05) is 25.4 Å². The number of oxazole rings is 1. The van der Waals surface area contributed by atoms with E-state index in [2.05, 4.69) is 24.1 Å². The molecule has 1 N–H and O–H groups in total. The van der Waals surface area contributed by atoms with Gasteiger partial charge in [-0.3, -0.25) is 0 Å². The molecule has 0 radical (unpaired) electrons. The summed E-state index contributed by atoms with van der Waals surface area (Å²) in [4.78, 5) is 5.18. The predicted octanol–water partition coefficient (Wildman–Crippen LogP) is 3.80. The zero-order valence-corrected chi connectivity index (χ0v) is 11.4. The molecule has 5 heteroatoms. The molecular formula is C12H15ClN2OS. The molecule has 2 aromatic rings. The highest BCUT2D eigenvalue weighted by atomic mass is 35.5. The van der Waals surface area contributed by atoms with E-state index in [0.717, 1.165) is 27.9 Å². The highest BCUT2D eigenvalue weighted by molar-refractivity contribution is 7.14. The molecule has 3 nitrogen and oxygen atoms in total. The number of halogens is 1. The van der Waals surface area contributed by atoms with Crippen molar-refractivity contribution >= 4 is 22.9 Å². The van der Waals surface area contributed by atoms with Crippen molar-refractivity contribution in [3.63, 3.8) is 0 Å². The van der Waals surface area contributed by atoms with Gasteiger partial charge in [0.15, 0.2) is 12.2 Å². The van der Waals surface area contributed by atoms with E-state index >= 15 is 0 Å². The third-order valence-corrected chi connectivity index (χ3v) is 3.65. The van der Waals surface area contributed by atoms with Gasteiger partial charge >= 0.3 is 0 Å². The Bertz CT molecular complexity index is 478. The second-order valence-corrected chi connectivity index (χ2v) is 5.57. The second-order valence-electron chi connectivity index (χ2n) is 4.25. The zero-order valence-electron chi connectivity index (χ0n) is 9.87. The molecule has 2 aromatic heterocycles. The minimum atomic E-state index is 0.621. The molecule has 0 saturated carbocycles. The smallest absolute Gasteiger partial charge is 0.181 e. The number of hydrogen-bond acceptors (Lipinski definition) is 4. The number of rotatable bonds is 5. The van der Waals surface area contributed by atoms with Crippen molar-refractivity contribution in [1.82, 2.24) is 10.3 Å². The Balaban J connectivity index is 2.10. The van der Waals surface area contributed by atoms with Crippen molar-refractivity contribution in [1.29, 1.82) is 0 Å². The summed E-state index contributed by atoms with van der Waals surface area (Å²) in [6.45, 7) is 6.02. The summed E-state index contributed by atoms with van der Waals surface area (Å²) in [7, 11) is 0. The van der Waals surface area contributed by atoms with Gasteiger partial charge in [0, 0.05) is 6.54 Å². The van der Waals surface area contributed by atoms with Gasteiger partial charge < -0.3 is 9.73 Å². The van der Waals surface area contributed by atoms with E-state index < -0.39 is 0 Å². The molecule has 0 spiro atoms. The molecule has 0 aliphatic carbocycles. The highest BCUT2D eigenvalue weighted by Gasteiger charge is 2.14. The Morgan fingerprint density at radius 2 is 2.35 bits per heavy atom. The van der Waals surface area contributed by atoms with Gasteiger partial charge in [0.25, 0.3) is 0 Å². The summed E-state index contributed by atoms with van der Waals surface area (Å²) in [5.74, 6) is 1.40. The average Bonchev–Trinajstić information content (AvgIpc) is 2.86. The minimum Gasteiger partial charge on any atom is -0.442 e. The number of thiophene rings is 1. The molecule has 0 aliphatic heterocycles. The van der Waals surface area contributed by atoms with Crippen LogP contribution >= 0.6 is 22.9 Å². The fraction of sp³-hybridized carbons (Fsp3) is 0.417. The van der Waals surface area contributed by atoms with Crippen LogP contribution in [0.2, 0.25) is 5.02 Å². The maximum atomic E-state index is 6.09. The molecule has 92 valence electrons. The Morgan fingerprint density at radius 1 is 1.53 bits per heavy atom. The molecular weight excluding hydrogens is 256 g/mol. The van der Waals surface area contributed by atoms with E-state index in [0.29, 0.717) is 12.5 Å². The maximum Gasteiger partial charge on any atom is 0.181 e. The van der Waals surface area contributed by atoms with E-state index in [9.17, 15) is 0 Å². The molecule has 0 aliphatic rings. The first-order chi connectivity index (χ1) is 8.18. The molecule has 0 fully saturated rings. The van der Waals surface area contributed by atoms with Gasteiger partial charge in [-0.05, 0) is 23.9 Å². The monoisotopic (exact) mass is 270 g/mol. The van der Waals surface area contributed by atoms with Gasteiger partial charge in [0.2, 0.25) is 0 Å². The SMILES string of the molecule is CC(C)CNCc1ncoc1-c1sccc1Cl. The third-order valence-electron chi connectivity index (χ3n) is 2.31. The predicted molar refractivity (Wildman–Crippen MR) is 71.4 cm³/mol. The zero-order chi connectivity index (χ0) is 12.3. The highest BCUT2D eigenvalue weighted by Crippen LogP contribution is 2.34. The van der Waals surface area contributed by atoms with Crippen molar-refractivity contribution in [3.8, 4) is 10.6 Å². The lowest BCUT2D eigenvalue weighted by Crippen LogP contribution is -2.19. The van der Waals surface area contributed by atoms with Crippen LogP contribution in [0, 0.1) is 5.92 Å². The molecule has 2 heterocycles. The largest absolute Gasteiger partial charge is 0.442 e. The summed E-state index contributed by atoms with van der Waals surface area (Å²) in [6.07, 6.45) is 1.47. The standard InChI is InChI=1S/C12H15ClN2OS/c1-8(2)5-14-6-10-11(16-7-15-10)12-9(13)3-4-17-12/h3-4,7-8,14H,5-6H2,1-2H3. The Kier molecular flexibility index (Phi) is 4.20. The van der Waals surface area contributed by atoms with Crippen LogP contribution in [0.4, 0.5) is 0 Å². The summed E-state index contributed by atoms with van der Waals surface area (Å²) < 4.78 is 5.42. The van der Waals surface area contributed by atoms with Crippen LogP contribution in [-0.4, -0.2) is 11.5 Å². The van der Waals surface area contributed by atoms with Gasteiger partial charge in [-0.2, -0.15) is 0 Å². The summed E-state index contributed by atoms with van der Waals surface area (Å²) >= 11 is 7.66. The maximum absolute atomic E-state index is 6.09. The van der Waals surface area contributed by atoms with Gasteiger partial charge in [0.1, 0.15) is 5.69 Å². The Labute approximate surface area is 110 Å². The molecule has 0 atom stereocenters. The normalized spacial score (nSPS) is 11.3. The van der Waals surface area contributed by atoms with Crippen LogP contribution in [-0.2, 0) is 6.54 Å². The van der Waals surface area contributed by atoms with E-state index in [1.165, 1.54) is 6.39 Å². The minimum absolute atomic E-state index is 0.621. The van der Waals surface area contributed by atoms with Crippen molar-refractivity contribution in [2.24, 2.45) is 5.92 Å². The fourth-order valence-electron chi connectivity index (χ4n) is 1.51. The van der Waals surface area contributed by atoms with Gasteiger partial charge in [-0.25, -0.2) is 4.98 Å². The first kappa shape index (κ1) is 12.6. The van der Waals surface area contributed by atoms with Crippen molar-refractivity contribution in [2.45, 2.75) is 20.4 Å². The molecule has 0 amide bonds. The number of nitrogens with one attached hydrogen (secondary N) is 1. The molecule has 0 aromatic carbocycles. The van der Waals surface area contributed by atoms with Crippen LogP contribution < -0.4 is 5.32 Å². The van der Waals surface area contributed by atoms with E-state index in [4.69, 9.17) is 16.0 Å². The van der Waals surface area contributed by atoms with E-state index in [1.54, 1.807) is 11.3 Å². The topological polar surface area (TPSA) is 38.1 Å². The van der Waals surface area contributed by atoms with Crippen LogP contribution in [0.25, 0.3) is 10.6 Å². The molecule has 0 bridgehead atoms. The Morgan fingerprint density at radius 3 is 3.00 bits per heavy atom. The van der Waals surface area contributed by atoms with Gasteiger partial charge in [-0.15, -0.1) is 11.3 Å². The molecule has 0 saturated heterocycles. The second kappa shape index (κ2) is 5.67. The number of hydrogen-bond donors (Lipinski definition) is 1. The lowest BCUT2D eigenvalue weighted by molar-refractivity contribution is 0.545.